The van der Waals surface area contributed by atoms with Crippen molar-refractivity contribution < 1.29 is 14.3 Å². The zero-order chi connectivity index (χ0) is 10.4. The van der Waals surface area contributed by atoms with Crippen LogP contribution < -0.4 is 0 Å². The standard InChI is InChI=1S/C11H18O3/c1-9-5-3-4-6-10(9)7-14-8-11(12)13-2/h3-4,9-10H,5-8H2,1-2H3. The van der Waals surface area contributed by atoms with Crippen LogP contribution in [0.3, 0.4) is 0 Å². The van der Waals surface area contributed by atoms with Crippen LogP contribution in [0.5, 0.6) is 0 Å². The second-order valence-electron chi connectivity index (χ2n) is 3.77. The van der Waals surface area contributed by atoms with Gasteiger partial charge in [0.15, 0.2) is 0 Å². The molecule has 1 aliphatic rings. The van der Waals surface area contributed by atoms with E-state index in [0.29, 0.717) is 18.4 Å². The van der Waals surface area contributed by atoms with E-state index in [1.165, 1.54) is 7.11 Å². The molecule has 0 amide bonds. The van der Waals surface area contributed by atoms with Gasteiger partial charge in [-0.2, -0.15) is 0 Å². The summed E-state index contributed by atoms with van der Waals surface area (Å²) < 4.78 is 9.78. The van der Waals surface area contributed by atoms with Crippen LogP contribution in [0, 0.1) is 11.8 Å². The lowest BCUT2D eigenvalue weighted by atomic mass is 9.85. The van der Waals surface area contributed by atoms with Crippen molar-refractivity contribution >= 4 is 5.97 Å². The minimum atomic E-state index is -0.302. The minimum absolute atomic E-state index is 0.0729. The van der Waals surface area contributed by atoms with Gasteiger partial charge in [0, 0.05) is 0 Å². The van der Waals surface area contributed by atoms with E-state index in [9.17, 15) is 4.79 Å². The van der Waals surface area contributed by atoms with Gasteiger partial charge in [-0.1, -0.05) is 19.1 Å². The fraction of sp³-hybridized carbons (Fsp3) is 0.727. The molecule has 2 unspecified atom stereocenters. The quantitative estimate of drug-likeness (QED) is 0.510. The SMILES string of the molecule is COC(=O)COCC1CC=CCC1C. The van der Waals surface area contributed by atoms with Crippen LogP contribution in [0.1, 0.15) is 19.8 Å². The Bertz CT molecular complexity index is 211. The molecule has 0 saturated carbocycles. The van der Waals surface area contributed by atoms with Gasteiger partial charge < -0.3 is 9.47 Å². The minimum Gasteiger partial charge on any atom is -0.467 e. The Hall–Kier alpha value is -0.830. The van der Waals surface area contributed by atoms with E-state index < -0.39 is 0 Å². The van der Waals surface area contributed by atoms with E-state index in [1.807, 2.05) is 0 Å². The van der Waals surface area contributed by atoms with Gasteiger partial charge in [-0.25, -0.2) is 4.79 Å². The monoisotopic (exact) mass is 198 g/mol. The number of rotatable bonds is 4. The van der Waals surface area contributed by atoms with Crippen LogP contribution in [-0.4, -0.2) is 26.3 Å². The van der Waals surface area contributed by atoms with Crippen LogP contribution in [0.15, 0.2) is 12.2 Å². The molecule has 0 aromatic heterocycles. The van der Waals surface area contributed by atoms with Gasteiger partial charge in [0.1, 0.15) is 6.61 Å². The first-order valence-electron chi connectivity index (χ1n) is 5.03. The molecule has 0 saturated heterocycles. The first-order chi connectivity index (χ1) is 6.74. The third-order valence-electron chi connectivity index (χ3n) is 2.70. The number of methoxy groups -OCH3 is 1. The Kier molecular flexibility index (Phi) is 4.66. The highest BCUT2D eigenvalue weighted by molar-refractivity contribution is 5.70. The topological polar surface area (TPSA) is 35.5 Å². The molecule has 0 fully saturated rings. The van der Waals surface area contributed by atoms with E-state index in [4.69, 9.17) is 4.74 Å². The number of hydrogen-bond acceptors (Lipinski definition) is 3. The Morgan fingerprint density at radius 3 is 2.79 bits per heavy atom. The molecule has 2 atom stereocenters. The van der Waals surface area contributed by atoms with Gasteiger partial charge in [0.05, 0.1) is 13.7 Å². The third-order valence-corrected chi connectivity index (χ3v) is 2.70. The molecule has 1 aliphatic carbocycles. The Morgan fingerprint density at radius 1 is 1.43 bits per heavy atom. The first kappa shape index (κ1) is 11.2. The molecule has 80 valence electrons. The van der Waals surface area contributed by atoms with Gasteiger partial charge in [-0.3, -0.25) is 0 Å². The number of ether oxygens (including phenoxy) is 2. The van der Waals surface area contributed by atoms with Crippen LogP contribution >= 0.6 is 0 Å². The summed E-state index contributed by atoms with van der Waals surface area (Å²) in [4.78, 5) is 10.8. The van der Waals surface area contributed by atoms with Crippen molar-refractivity contribution in [1.82, 2.24) is 0 Å². The number of allylic oxidation sites excluding steroid dienone is 2. The van der Waals surface area contributed by atoms with Gasteiger partial charge in [-0.05, 0) is 24.7 Å². The Balaban J connectivity index is 2.17. The second-order valence-corrected chi connectivity index (χ2v) is 3.77. The summed E-state index contributed by atoms with van der Waals surface area (Å²) in [5.41, 5.74) is 0. The molecule has 0 radical (unpaired) electrons. The summed E-state index contributed by atoms with van der Waals surface area (Å²) >= 11 is 0. The predicted molar refractivity (Wildman–Crippen MR) is 53.9 cm³/mol. The zero-order valence-electron chi connectivity index (χ0n) is 8.86. The van der Waals surface area contributed by atoms with Gasteiger partial charge in [0.2, 0.25) is 0 Å². The summed E-state index contributed by atoms with van der Waals surface area (Å²) in [7, 11) is 1.37. The summed E-state index contributed by atoms with van der Waals surface area (Å²) in [5, 5.41) is 0. The van der Waals surface area contributed by atoms with Gasteiger partial charge in [-0.15, -0.1) is 0 Å². The van der Waals surface area contributed by atoms with E-state index in [1.54, 1.807) is 0 Å². The molecule has 0 aliphatic heterocycles. The molecule has 0 bridgehead atoms. The molecular weight excluding hydrogens is 180 g/mol. The van der Waals surface area contributed by atoms with Crippen molar-refractivity contribution in [1.29, 1.82) is 0 Å². The predicted octanol–water partition coefficient (Wildman–Crippen LogP) is 1.78. The Labute approximate surface area is 85.1 Å². The van der Waals surface area contributed by atoms with E-state index in [2.05, 4.69) is 23.8 Å². The molecule has 1 rings (SSSR count). The third kappa shape index (κ3) is 3.50. The molecule has 0 heterocycles. The van der Waals surface area contributed by atoms with Crippen LogP contribution in [0.25, 0.3) is 0 Å². The van der Waals surface area contributed by atoms with Crippen molar-refractivity contribution in [2.45, 2.75) is 19.8 Å². The van der Waals surface area contributed by atoms with Crippen molar-refractivity contribution in [2.24, 2.45) is 11.8 Å². The summed E-state index contributed by atoms with van der Waals surface area (Å²) in [6, 6.07) is 0. The Morgan fingerprint density at radius 2 is 2.14 bits per heavy atom. The largest absolute Gasteiger partial charge is 0.467 e. The molecule has 14 heavy (non-hydrogen) atoms. The van der Waals surface area contributed by atoms with E-state index >= 15 is 0 Å². The molecular formula is C11H18O3. The number of esters is 1. The fourth-order valence-corrected chi connectivity index (χ4v) is 1.59. The number of hydrogen-bond donors (Lipinski definition) is 0. The second kappa shape index (κ2) is 5.81. The first-order valence-corrected chi connectivity index (χ1v) is 5.03. The molecule has 0 spiro atoms. The van der Waals surface area contributed by atoms with Gasteiger partial charge >= 0.3 is 5.97 Å². The summed E-state index contributed by atoms with van der Waals surface area (Å²) in [6.07, 6.45) is 6.57. The van der Waals surface area contributed by atoms with E-state index in [0.717, 1.165) is 12.8 Å². The maximum absolute atomic E-state index is 10.8. The average Bonchev–Trinajstić information content (AvgIpc) is 2.20. The highest BCUT2D eigenvalue weighted by atomic mass is 16.6. The molecule has 0 aromatic carbocycles. The van der Waals surface area contributed by atoms with Crippen molar-refractivity contribution in [3.05, 3.63) is 12.2 Å². The summed E-state index contributed by atoms with van der Waals surface area (Å²) in [5.74, 6) is 0.895. The van der Waals surface area contributed by atoms with Crippen LogP contribution in [0.4, 0.5) is 0 Å². The van der Waals surface area contributed by atoms with Crippen LogP contribution in [0.2, 0.25) is 0 Å². The number of carbonyl (C=O) groups excluding carboxylic acids is 1. The van der Waals surface area contributed by atoms with Gasteiger partial charge in [0.25, 0.3) is 0 Å². The highest BCUT2D eigenvalue weighted by Crippen LogP contribution is 2.24. The normalized spacial score (nSPS) is 26.1. The molecule has 3 nitrogen and oxygen atoms in total. The molecule has 0 N–H and O–H groups in total. The fourth-order valence-electron chi connectivity index (χ4n) is 1.59. The van der Waals surface area contributed by atoms with Crippen molar-refractivity contribution in [3.63, 3.8) is 0 Å². The lowest BCUT2D eigenvalue weighted by Crippen LogP contribution is -2.21. The molecule has 3 heteroatoms. The highest BCUT2D eigenvalue weighted by Gasteiger charge is 2.18. The number of carbonyl (C=O) groups is 1. The maximum Gasteiger partial charge on any atom is 0.331 e. The smallest absolute Gasteiger partial charge is 0.331 e. The zero-order valence-corrected chi connectivity index (χ0v) is 8.86. The average molecular weight is 198 g/mol. The summed E-state index contributed by atoms with van der Waals surface area (Å²) in [6.45, 7) is 2.94. The lowest BCUT2D eigenvalue weighted by Gasteiger charge is -2.24. The van der Waals surface area contributed by atoms with Crippen molar-refractivity contribution in [2.75, 3.05) is 20.3 Å². The maximum atomic E-state index is 10.8. The molecule has 0 aromatic rings. The van der Waals surface area contributed by atoms with E-state index in [-0.39, 0.29) is 12.6 Å². The lowest BCUT2D eigenvalue weighted by molar-refractivity contribution is -0.146. The van der Waals surface area contributed by atoms with Crippen molar-refractivity contribution in [3.8, 4) is 0 Å². The van der Waals surface area contributed by atoms with Crippen LogP contribution in [-0.2, 0) is 14.3 Å².